The Balaban J connectivity index is 2.25. The molecule has 1 heterocycles. The van der Waals surface area contributed by atoms with Crippen molar-refractivity contribution in [1.82, 2.24) is 4.31 Å². The van der Waals surface area contributed by atoms with Gasteiger partial charge in [0.05, 0.1) is 5.88 Å². The molecule has 2 aromatic rings. The second-order valence-electron chi connectivity index (χ2n) is 4.65. The lowest BCUT2D eigenvalue weighted by atomic mass is 10.2. The molecule has 114 valence electrons. The van der Waals surface area contributed by atoms with Crippen LogP contribution in [-0.4, -0.2) is 19.8 Å². The topological polar surface area (TPSA) is 50.5 Å². The smallest absolute Gasteiger partial charge is 0.246 e. The van der Waals surface area contributed by atoms with Crippen molar-refractivity contribution >= 4 is 37.6 Å². The molecule has 0 aliphatic rings. The van der Waals surface area contributed by atoms with Gasteiger partial charge in [-0.05, 0) is 24.6 Å². The summed E-state index contributed by atoms with van der Waals surface area (Å²) in [7, 11) is -2.05. The van der Waals surface area contributed by atoms with Crippen LogP contribution in [0.3, 0.4) is 0 Å². The molecule has 7 heteroatoms. The van der Waals surface area contributed by atoms with E-state index in [2.05, 4.69) is 15.9 Å². The van der Waals surface area contributed by atoms with Crippen molar-refractivity contribution in [2.24, 2.45) is 0 Å². The van der Waals surface area contributed by atoms with Crippen LogP contribution in [0.15, 0.2) is 44.1 Å². The van der Waals surface area contributed by atoms with Gasteiger partial charge in [0.2, 0.25) is 10.0 Å². The van der Waals surface area contributed by atoms with Crippen molar-refractivity contribution in [1.29, 1.82) is 0 Å². The summed E-state index contributed by atoms with van der Waals surface area (Å²) >= 11 is 9.03. The fourth-order valence-corrected chi connectivity index (χ4v) is 3.68. The molecular weight excluding hydrogens is 378 g/mol. The number of benzene rings is 1. The van der Waals surface area contributed by atoms with Gasteiger partial charge < -0.3 is 4.42 Å². The molecule has 0 radical (unpaired) electrons. The normalized spacial score (nSPS) is 12.0. The van der Waals surface area contributed by atoms with Crippen molar-refractivity contribution in [3.63, 3.8) is 0 Å². The zero-order valence-corrected chi connectivity index (χ0v) is 14.8. The van der Waals surface area contributed by atoms with E-state index in [1.165, 1.54) is 10.4 Å². The van der Waals surface area contributed by atoms with Gasteiger partial charge in [-0.1, -0.05) is 28.1 Å². The molecule has 0 amide bonds. The van der Waals surface area contributed by atoms with E-state index < -0.39 is 10.0 Å². The molecule has 21 heavy (non-hydrogen) atoms. The van der Waals surface area contributed by atoms with Gasteiger partial charge in [0.25, 0.3) is 0 Å². The second kappa shape index (κ2) is 6.52. The molecule has 0 N–H and O–H groups in total. The van der Waals surface area contributed by atoms with Gasteiger partial charge in [-0.2, -0.15) is 4.31 Å². The standard InChI is InChI=1S/C14H15BrClNO3S/c1-10-14(7-13(8-16)20-10)21(18,19)17(2)9-11-3-5-12(15)6-4-11/h3-7H,8-9H2,1-2H3. The summed E-state index contributed by atoms with van der Waals surface area (Å²) in [5, 5.41) is 0. The third-order valence-electron chi connectivity index (χ3n) is 3.06. The summed E-state index contributed by atoms with van der Waals surface area (Å²) in [6, 6.07) is 9.00. The Kier molecular flexibility index (Phi) is 5.14. The van der Waals surface area contributed by atoms with E-state index in [-0.39, 0.29) is 17.3 Å². The van der Waals surface area contributed by atoms with Crippen molar-refractivity contribution in [2.45, 2.75) is 24.2 Å². The first-order valence-corrected chi connectivity index (χ1v) is 8.97. The van der Waals surface area contributed by atoms with E-state index in [9.17, 15) is 8.42 Å². The molecule has 0 unspecified atom stereocenters. The van der Waals surface area contributed by atoms with Crippen LogP contribution in [0.4, 0.5) is 0 Å². The molecule has 0 aliphatic carbocycles. The molecule has 1 aromatic heterocycles. The van der Waals surface area contributed by atoms with Crippen molar-refractivity contribution in [3.05, 3.63) is 51.9 Å². The van der Waals surface area contributed by atoms with Crippen LogP contribution in [0.5, 0.6) is 0 Å². The fourth-order valence-electron chi connectivity index (χ4n) is 1.95. The summed E-state index contributed by atoms with van der Waals surface area (Å²) in [5.41, 5.74) is 0.906. The molecular formula is C14H15BrClNO3S. The van der Waals surface area contributed by atoms with Crippen molar-refractivity contribution in [3.8, 4) is 0 Å². The first-order chi connectivity index (χ1) is 9.84. The number of furan rings is 1. The lowest BCUT2D eigenvalue weighted by molar-refractivity contribution is 0.459. The first kappa shape index (κ1) is 16.5. The van der Waals surface area contributed by atoms with Crippen LogP contribution >= 0.6 is 27.5 Å². The van der Waals surface area contributed by atoms with Crippen LogP contribution in [-0.2, 0) is 22.4 Å². The van der Waals surface area contributed by atoms with Gasteiger partial charge in [0, 0.05) is 24.1 Å². The number of aryl methyl sites for hydroxylation is 1. The Hall–Kier alpha value is -0.820. The summed E-state index contributed by atoms with van der Waals surface area (Å²) < 4.78 is 32.7. The van der Waals surface area contributed by atoms with Crippen LogP contribution < -0.4 is 0 Å². The molecule has 4 nitrogen and oxygen atoms in total. The van der Waals surface area contributed by atoms with E-state index >= 15 is 0 Å². The molecule has 2 rings (SSSR count). The van der Waals surface area contributed by atoms with Gasteiger partial charge in [-0.25, -0.2) is 8.42 Å². The SMILES string of the molecule is Cc1oc(CCl)cc1S(=O)(=O)N(C)Cc1ccc(Br)cc1. The zero-order chi connectivity index (χ0) is 15.6. The van der Waals surface area contributed by atoms with E-state index in [0.717, 1.165) is 10.0 Å². The Morgan fingerprint density at radius 2 is 1.90 bits per heavy atom. The van der Waals surface area contributed by atoms with Crippen LogP contribution in [0.2, 0.25) is 0 Å². The van der Waals surface area contributed by atoms with Crippen LogP contribution in [0, 0.1) is 6.92 Å². The van der Waals surface area contributed by atoms with Gasteiger partial charge >= 0.3 is 0 Å². The summed E-state index contributed by atoms with van der Waals surface area (Å²) in [4.78, 5) is 0.165. The van der Waals surface area contributed by atoms with E-state index in [1.54, 1.807) is 14.0 Å². The zero-order valence-electron chi connectivity index (χ0n) is 11.6. The van der Waals surface area contributed by atoms with Crippen molar-refractivity contribution in [2.75, 3.05) is 7.05 Å². The molecule has 0 spiro atoms. The van der Waals surface area contributed by atoms with E-state index in [1.807, 2.05) is 24.3 Å². The molecule has 0 saturated carbocycles. The second-order valence-corrected chi connectivity index (χ2v) is 7.85. The third-order valence-corrected chi connectivity index (χ3v) is 5.76. The van der Waals surface area contributed by atoms with Gasteiger partial charge in [-0.15, -0.1) is 11.6 Å². The minimum absolute atomic E-state index is 0.146. The Bertz CT molecular complexity index is 725. The lowest BCUT2D eigenvalue weighted by Crippen LogP contribution is -2.26. The number of nitrogens with zero attached hydrogens (tertiary/aromatic N) is 1. The highest BCUT2D eigenvalue weighted by molar-refractivity contribution is 9.10. The van der Waals surface area contributed by atoms with Crippen LogP contribution in [0.1, 0.15) is 17.1 Å². The monoisotopic (exact) mass is 391 g/mol. The highest BCUT2D eigenvalue weighted by Crippen LogP contribution is 2.25. The highest BCUT2D eigenvalue weighted by atomic mass is 79.9. The molecule has 0 fully saturated rings. The third kappa shape index (κ3) is 3.69. The molecule has 0 saturated heterocycles. The average Bonchev–Trinajstić information content (AvgIpc) is 2.83. The minimum Gasteiger partial charge on any atom is -0.464 e. The fraction of sp³-hybridized carbons (Fsp3) is 0.286. The summed E-state index contributed by atoms with van der Waals surface area (Å²) in [6.07, 6.45) is 0. The number of rotatable bonds is 5. The summed E-state index contributed by atoms with van der Waals surface area (Å²) in [6.45, 7) is 1.91. The van der Waals surface area contributed by atoms with Gasteiger partial charge in [0.15, 0.2) is 0 Å². The lowest BCUT2D eigenvalue weighted by Gasteiger charge is -2.16. The Labute approximate surface area is 137 Å². The van der Waals surface area contributed by atoms with Crippen molar-refractivity contribution < 1.29 is 12.8 Å². The highest BCUT2D eigenvalue weighted by Gasteiger charge is 2.26. The number of hydrogen-bond donors (Lipinski definition) is 0. The van der Waals surface area contributed by atoms with E-state index in [0.29, 0.717) is 11.5 Å². The molecule has 1 aromatic carbocycles. The number of sulfonamides is 1. The first-order valence-electron chi connectivity index (χ1n) is 6.20. The van der Waals surface area contributed by atoms with Crippen LogP contribution in [0.25, 0.3) is 0 Å². The van der Waals surface area contributed by atoms with Gasteiger partial charge in [-0.3, -0.25) is 0 Å². The minimum atomic E-state index is -3.60. The summed E-state index contributed by atoms with van der Waals surface area (Å²) in [5.74, 6) is 0.949. The van der Waals surface area contributed by atoms with E-state index in [4.69, 9.17) is 16.0 Å². The number of halogens is 2. The largest absolute Gasteiger partial charge is 0.464 e. The van der Waals surface area contributed by atoms with Gasteiger partial charge in [0.1, 0.15) is 16.4 Å². The molecule has 0 aliphatic heterocycles. The average molecular weight is 393 g/mol. The Morgan fingerprint density at radius 3 is 2.43 bits per heavy atom. The maximum atomic E-state index is 12.6. The number of hydrogen-bond acceptors (Lipinski definition) is 3. The molecule has 0 atom stereocenters. The maximum Gasteiger partial charge on any atom is 0.246 e. The quantitative estimate of drug-likeness (QED) is 0.725. The maximum absolute atomic E-state index is 12.6. The Morgan fingerprint density at radius 1 is 1.29 bits per heavy atom. The number of alkyl halides is 1. The predicted octanol–water partition coefficient (Wildman–Crippen LogP) is 3.91. The predicted molar refractivity (Wildman–Crippen MR) is 85.8 cm³/mol. The molecule has 0 bridgehead atoms.